The van der Waals surface area contributed by atoms with Crippen molar-refractivity contribution in [3.63, 3.8) is 0 Å². The topological polar surface area (TPSA) is 79.0 Å². The number of amides is 1. The molecule has 9 heteroatoms. The second-order valence-electron chi connectivity index (χ2n) is 6.94. The zero-order valence-electron chi connectivity index (χ0n) is 16.4. The van der Waals surface area contributed by atoms with Crippen molar-refractivity contribution in [3.05, 3.63) is 58.6 Å². The number of nitrogens with zero attached hydrogens (tertiary/aromatic N) is 2. The van der Waals surface area contributed by atoms with E-state index in [1.165, 1.54) is 17.7 Å². The fourth-order valence-electron chi connectivity index (χ4n) is 3.26. The van der Waals surface area contributed by atoms with E-state index in [1.807, 2.05) is 18.2 Å². The standard InChI is InChI=1S/C20H24ClN3O4S/c1-28-19-7-6-17(21)13-18(19)22-20(25)16-5-3-4-15(12-16)14-23-8-10-24(11-9-23)29(2,26)27/h3-7,12-13H,8-11,14H2,1-2H3,(H,22,25). The number of methoxy groups -OCH3 is 1. The van der Waals surface area contributed by atoms with Crippen LogP contribution in [0.1, 0.15) is 15.9 Å². The summed E-state index contributed by atoms with van der Waals surface area (Å²) in [7, 11) is -1.61. The number of hydrogen-bond acceptors (Lipinski definition) is 5. The molecule has 1 fully saturated rings. The molecule has 2 aromatic carbocycles. The number of benzene rings is 2. The normalized spacial score (nSPS) is 15.8. The Bertz CT molecular complexity index is 989. The third kappa shape index (κ3) is 5.70. The summed E-state index contributed by atoms with van der Waals surface area (Å²) in [6.45, 7) is 2.92. The van der Waals surface area contributed by atoms with Crippen LogP contribution < -0.4 is 10.1 Å². The first-order valence-corrected chi connectivity index (χ1v) is 11.4. The molecule has 2 aromatic rings. The lowest BCUT2D eigenvalue weighted by molar-refractivity contribution is 0.102. The molecule has 1 amide bonds. The van der Waals surface area contributed by atoms with Gasteiger partial charge in [0.1, 0.15) is 5.75 Å². The Kier molecular flexibility index (Phi) is 6.79. The summed E-state index contributed by atoms with van der Waals surface area (Å²) < 4.78 is 30.0. The molecule has 0 radical (unpaired) electrons. The number of ether oxygens (including phenoxy) is 1. The molecule has 3 rings (SSSR count). The minimum absolute atomic E-state index is 0.255. The minimum atomic E-state index is -3.14. The summed E-state index contributed by atoms with van der Waals surface area (Å²) in [6.07, 6.45) is 1.24. The monoisotopic (exact) mass is 437 g/mol. The largest absolute Gasteiger partial charge is 0.495 e. The molecular formula is C20H24ClN3O4S. The van der Waals surface area contributed by atoms with Crippen LogP contribution in [0.5, 0.6) is 5.75 Å². The van der Waals surface area contributed by atoms with Crippen LogP contribution in [0.15, 0.2) is 42.5 Å². The molecule has 1 heterocycles. The fourth-order valence-corrected chi connectivity index (χ4v) is 4.26. The van der Waals surface area contributed by atoms with Gasteiger partial charge < -0.3 is 10.1 Å². The highest BCUT2D eigenvalue weighted by Crippen LogP contribution is 2.28. The van der Waals surface area contributed by atoms with E-state index in [-0.39, 0.29) is 5.91 Å². The van der Waals surface area contributed by atoms with Crippen LogP contribution in [0.2, 0.25) is 5.02 Å². The summed E-state index contributed by atoms with van der Waals surface area (Å²) >= 11 is 6.02. The zero-order valence-corrected chi connectivity index (χ0v) is 18.0. The van der Waals surface area contributed by atoms with Gasteiger partial charge in [-0.25, -0.2) is 8.42 Å². The van der Waals surface area contributed by atoms with E-state index >= 15 is 0 Å². The summed E-state index contributed by atoms with van der Waals surface area (Å²) in [4.78, 5) is 14.9. The van der Waals surface area contributed by atoms with Crippen LogP contribution in [-0.2, 0) is 16.6 Å². The van der Waals surface area contributed by atoms with Gasteiger partial charge >= 0.3 is 0 Å². The van der Waals surface area contributed by atoms with Crippen molar-refractivity contribution >= 4 is 33.2 Å². The molecule has 0 saturated carbocycles. The quantitative estimate of drug-likeness (QED) is 0.751. The van der Waals surface area contributed by atoms with E-state index in [9.17, 15) is 13.2 Å². The van der Waals surface area contributed by atoms with Gasteiger partial charge in [-0.2, -0.15) is 4.31 Å². The van der Waals surface area contributed by atoms with Crippen molar-refractivity contribution in [2.45, 2.75) is 6.54 Å². The van der Waals surface area contributed by atoms with Crippen LogP contribution in [0.3, 0.4) is 0 Å². The van der Waals surface area contributed by atoms with Crippen molar-refractivity contribution in [3.8, 4) is 5.75 Å². The van der Waals surface area contributed by atoms with E-state index in [1.54, 1.807) is 24.3 Å². The average molecular weight is 438 g/mol. The molecule has 1 N–H and O–H groups in total. The van der Waals surface area contributed by atoms with Gasteiger partial charge in [0.05, 0.1) is 19.1 Å². The highest BCUT2D eigenvalue weighted by atomic mass is 35.5. The number of rotatable bonds is 6. The summed E-state index contributed by atoms with van der Waals surface area (Å²) in [5.41, 5.74) is 2.02. The molecule has 29 heavy (non-hydrogen) atoms. The molecule has 1 aliphatic rings. The first-order valence-electron chi connectivity index (χ1n) is 9.17. The fraction of sp³-hybridized carbons (Fsp3) is 0.350. The lowest BCUT2D eigenvalue weighted by Crippen LogP contribution is -2.47. The highest BCUT2D eigenvalue weighted by Gasteiger charge is 2.23. The van der Waals surface area contributed by atoms with Crippen molar-refractivity contribution < 1.29 is 17.9 Å². The molecule has 0 aliphatic carbocycles. The number of anilines is 1. The number of nitrogens with one attached hydrogen (secondary N) is 1. The number of hydrogen-bond donors (Lipinski definition) is 1. The second kappa shape index (κ2) is 9.13. The molecule has 156 valence electrons. The molecule has 0 aromatic heterocycles. The number of halogens is 1. The van der Waals surface area contributed by atoms with Crippen molar-refractivity contribution in [2.75, 3.05) is 44.9 Å². The average Bonchev–Trinajstić information content (AvgIpc) is 2.68. The molecule has 0 bridgehead atoms. The SMILES string of the molecule is COc1ccc(Cl)cc1NC(=O)c1cccc(CN2CCN(S(C)(=O)=O)CC2)c1. The molecule has 7 nitrogen and oxygen atoms in total. The van der Waals surface area contributed by atoms with Crippen molar-refractivity contribution in [1.29, 1.82) is 0 Å². The van der Waals surface area contributed by atoms with Gasteiger partial charge in [-0.05, 0) is 35.9 Å². The Morgan fingerprint density at radius 3 is 2.52 bits per heavy atom. The van der Waals surface area contributed by atoms with Crippen molar-refractivity contribution in [1.82, 2.24) is 9.21 Å². The molecule has 0 unspecified atom stereocenters. The number of sulfonamides is 1. The second-order valence-corrected chi connectivity index (χ2v) is 9.36. The zero-order chi connectivity index (χ0) is 21.0. The summed E-state index contributed by atoms with van der Waals surface area (Å²) in [6, 6.07) is 12.4. The number of piperazine rings is 1. The first kappa shape index (κ1) is 21.6. The van der Waals surface area contributed by atoms with Gasteiger partial charge in [0.25, 0.3) is 5.91 Å². The Hall–Kier alpha value is -2.13. The van der Waals surface area contributed by atoms with Gasteiger partial charge in [0.15, 0.2) is 0 Å². The Morgan fingerprint density at radius 1 is 1.14 bits per heavy atom. The van der Waals surface area contributed by atoms with Gasteiger partial charge in [-0.1, -0.05) is 23.7 Å². The van der Waals surface area contributed by atoms with Crippen LogP contribution >= 0.6 is 11.6 Å². The van der Waals surface area contributed by atoms with Crippen molar-refractivity contribution in [2.24, 2.45) is 0 Å². The molecule has 0 atom stereocenters. The first-order chi connectivity index (χ1) is 13.8. The molecule has 0 spiro atoms. The number of carbonyl (C=O) groups is 1. The Morgan fingerprint density at radius 2 is 1.86 bits per heavy atom. The lowest BCUT2D eigenvalue weighted by atomic mass is 10.1. The maximum Gasteiger partial charge on any atom is 0.255 e. The number of carbonyl (C=O) groups excluding carboxylic acids is 1. The predicted molar refractivity (Wildman–Crippen MR) is 114 cm³/mol. The summed E-state index contributed by atoms with van der Waals surface area (Å²) in [5, 5.41) is 3.34. The van der Waals surface area contributed by atoms with Gasteiger partial charge in [0.2, 0.25) is 10.0 Å². The van der Waals surface area contributed by atoms with E-state index < -0.39 is 10.0 Å². The van der Waals surface area contributed by atoms with Crippen LogP contribution in [0.4, 0.5) is 5.69 Å². The third-order valence-corrected chi connectivity index (χ3v) is 6.34. The molecule has 1 saturated heterocycles. The van der Waals surface area contributed by atoms with Gasteiger partial charge in [0, 0.05) is 43.3 Å². The predicted octanol–water partition coefficient (Wildman–Crippen LogP) is 2.68. The smallest absolute Gasteiger partial charge is 0.255 e. The maximum absolute atomic E-state index is 12.7. The van der Waals surface area contributed by atoms with E-state index in [4.69, 9.17) is 16.3 Å². The van der Waals surface area contributed by atoms with E-state index in [0.29, 0.717) is 54.7 Å². The van der Waals surface area contributed by atoms with Gasteiger partial charge in [-0.15, -0.1) is 0 Å². The Balaban J connectivity index is 1.65. The summed E-state index contributed by atoms with van der Waals surface area (Å²) in [5.74, 6) is 0.275. The maximum atomic E-state index is 12.7. The van der Waals surface area contributed by atoms with Crippen LogP contribution in [0.25, 0.3) is 0 Å². The highest BCUT2D eigenvalue weighted by molar-refractivity contribution is 7.88. The molecular weight excluding hydrogens is 414 g/mol. The van der Waals surface area contributed by atoms with E-state index in [2.05, 4.69) is 10.2 Å². The minimum Gasteiger partial charge on any atom is -0.495 e. The lowest BCUT2D eigenvalue weighted by Gasteiger charge is -2.33. The van der Waals surface area contributed by atoms with Gasteiger partial charge in [-0.3, -0.25) is 9.69 Å². The van der Waals surface area contributed by atoms with E-state index in [0.717, 1.165) is 5.56 Å². The van der Waals surface area contributed by atoms with Crippen LogP contribution in [-0.4, -0.2) is 63.1 Å². The third-order valence-electron chi connectivity index (χ3n) is 4.81. The molecule has 1 aliphatic heterocycles. The Labute approximate surface area is 176 Å². The van der Waals surface area contributed by atoms with Crippen LogP contribution in [0, 0.1) is 0 Å².